The third-order valence-electron chi connectivity index (χ3n) is 3.12. The van der Waals surface area contributed by atoms with Crippen molar-refractivity contribution in [2.45, 2.75) is 25.9 Å². The molecule has 1 aromatic rings. The molecule has 0 unspecified atom stereocenters. The number of piperidine rings is 1. The van der Waals surface area contributed by atoms with Gasteiger partial charge in [-0.2, -0.15) is 0 Å². The molecule has 3 heteroatoms. The molecule has 2 heterocycles. The van der Waals surface area contributed by atoms with Crippen LogP contribution < -0.4 is 5.32 Å². The quantitative estimate of drug-likeness (QED) is 0.771. The van der Waals surface area contributed by atoms with Gasteiger partial charge >= 0.3 is 0 Å². The molecule has 0 bridgehead atoms. The second-order valence-corrected chi connectivity index (χ2v) is 4.40. The van der Waals surface area contributed by atoms with E-state index in [0.717, 1.165) is 18.1 Å². The molecule has 1 aliphatic rings. The Morgan fingerprint density at radius 1 is 1.38 bits per heavy atom. The van der Waals surface area contributed by atoms with Crippen LogP contribution in [-0.2, 0) is 11.3 Å². The first kappa shape index (κ1) is 11.6. The van der Waals surface area contributed by atoms with Gasteiger partial charge in [0.15, 0.2) is 0 Å². The van der Waals surface area contributed by atoms with Gasteiger partial charge in [0.05, 0.1) is 6.61 Å². The van der Waals surface area contributed by atoms with E-state index in [4.69, 9.17) is 4.74 Å². The SMILES string of the molecule is c1cncc(COCCC2CCNCC2)c1. The van der Waals surface area contributed by atoms with Crippen molar-refractivity contribution in [1.29, 1.82) is 0 Å². The van der Waals surface area contributed by atoms with Gasteiger partial charge < -0.3 is 10.1 Å². The predicted octanol–water partition coefficient (Wildman–Crippen LogP) is 1.99. The van der Waals surface area contributed by atoms with Crippen molar-refractivity contribution >= 4 is 0 Å². The van der Waals surface area contributed by atoms with E-state index in [0.29, 0.717) is 6.61 Å². The van der Waals surface area contributed by atoms with E-state index in [9.17, 15) is 0 Å². The monoisotopic (exact) mass is 220 g/mol. The zero-order valence-electron chi connectivity index (χ0n) is 9.69. The Kier molecular flexibility index (Phi) is 4.77. The number of ether oxygens (including phenoxy) is 1. The average Bonchev–Trinajstić information content (AvgIpc) is 2.37. The van der Waals surface area contributed by atoms with Gasteiger partial charge in [-0.25, -0.2) is 0 Å². The van der Waals surface area contributed by atoms with Crippen LogP contribution in [-0.4, -0.2) is 24.7 Å². The van der Waals surface area contributed by atoms with E-state index in [-0.39, 0.29) is 0 Å². The van der Waals surface area contributed by atoms with Crippen molar-refractivity contribution in [3.8, 4) is 0 Å². The van der Waals surface area contributed by atoms with E-state index in [2.05, 4.69) is 16.4 Å². The summed E-state index contributed by atoms with van der Waals surface area (Å²) in [6.07, 6.45) is 7.46. The van der Waals surface area contributed by atoms with Crippen molar-refractivity contribution < 1.29 is 4.74 Å². The Morgan fingerprint density at radius 3 is 3.00 bits per heavy atom. The Bertz CT molecular complexity index is 283. The lowest BCUT2D eigenvalue weighted by Gasteiger charge is -2.22. The first-order valence-corrected chi connectivity index (χ1v) is 6.12. The molecule has 0 spiro atoms. The fourth-order valence-electron chi connectivity index (χ4n) is 2.09. The molecule has 1 aliphatic heterocycles. The zero-order chi connectivity index (χ0) is 11.1. The van der Waals surface area contributed by atoms with Gasteiger partial charge in [-0.1, -0.05) is 6.07 Å². The van der Waals surface area contributed by atoms with Gasteiger partial charge in [-0.15, -0.1) is 0 Å². The van der Waals surface area contributed by atoms with Gasteiger partial charge in [-0.3, -0.25) is 4.98 Å². The van der Waals surface area contributed by atoms with Gasteiger partial charge in [0.2, 0.25) is 0 Å². The number of nitrogens with zero attached hydrogens (tertiary/aromatic N) is 1. The van der Waals surface area contributed by atoms with E-state index in [1.807, 2.05) is 12.3 Å². The topological polar surface area (TPSA) is 34.1 Å². The molecule has 0 saturated carbocycles. The van der Waals surface area contributed by atoms with E-state index in [1.165, 1.54) is 32.4 Å². The maximum absolute atomic E-state index is 5.66. The normalized spacial score (nSPS) is 17.5. The molecule has 1 N–H and O–H groups in total. The predicted molar refractivity (Wildman–Crippen MR) is 64.1 cm³/mol. The van der Waals surface area contributed by atoms with Gasteiger partial charge in [0.25, 0.3) is 0 Å². The van der Waals surface area contributed by atoms with Crippen LogP contribution in [0.2, 0.25) is 0 Å². The Labute approximate surface area is 97.2 Å². The average molecular weight is 220 g/mol. The third-order valence-corrected chi connectivity index (χ3v) is 3.12. The highest BCUT2D eigenvalue weighted by molar-refractivity contribution is 5.06. The number of hydrogen-bond donors (Lipinski definition) is 1. The summed E-state index contributed by atoms with van der Waals surface area (Å²) in [7, 11) is 0. The van der Waals surface area contributed by atoms with Crippen molar-refractivity contribution in [3.05, 3.63) is 30.1 Å². The van der Waals surface area contributed by atoms with Gasteiger partial charge in [-0.05, 0) is 49.9 Å². The molecule has 0 atom stereocenters. The highest BCUT2D eigenvalue weighted by Gasteiger charge is 2.12. The summed E-state index contributed by atoms with van der Waals surface area (Å²) in [6, 6.07) is 4.00. The smallest absolute Gasteiger partial charge is 0.0731 e. The van der Waals surface area contributed by atoms with Crippen LogP contribution in [0.25, 0.3) is 0 Å². The number of pyridine rings is 1. The largest absolute Gasteiger partial charge is 0.377 e. The van der Waals surface area contributed by atoms with Crippen LogP contribution in [0, 0.1) is 5.92 Å². The van der Waals surface area contributed by atoms with Crippen LogP contribution in [0.5, 0.6) is 0 Å². The molecule has 1 saturated heterocycles. The maximum atomic E-state index is 5.66. The Balaban J connectivity index is 1.58. The first-order chi connectivity index (χ1) is 7.95. The minimum Gasteiger partial charge on any atom is -0.377 e. The lowest BCUT2D eigenvalue weighted by molar-refractivity contribution is 0.102. The standard InChI is InChI=1S/C13H20N2O/c1-2-13(10-15-6-1)11-16-9-5-12-3-7-14-8-4-12/h1-2,6,10,12,14H,3-5,7-9,11H2. The number of hydrogen-bond acceptors (Lipinski definition) is 3. The van der Waals surface area contributed by atoms with Crippen LogP contribution in [0.4, 0.5) is 0 Å². The second-order valence-electron chi connectivity index (χ2n) is 4.40. The van der Waals surface area contributed by atoms with E-state index >= 15 is 0 Å². The van der Waals surface area contributed by atoms with Crippen molar-refractivity contribution in [2.75, 3.05) is 19.7 Å². The highest BCUT2D eigenvalue weighted by atomic mass is 16.5. The van der Waals surface area contributed by atoms with Gasteiger partial charge in [0, 0.05) is 19.0 Å². The number of nitrogens with one attached hydrogen (secondary N) is 1. The Hall–Kier alpha value is -0.930. The minimum absolute atomic E-state index is 0.693. The fraction of sp³-hybridized carbons (Fsp3) is 0.615. The first-order valence-electron chi connectivity index (χ1n) is 6.12. The van der Waals surface area contributed by atoms with Crippen LogP contribution in [0.3, 0.4) is 0 Å². The molecule has 1 fully saturated rings. The van der Waals surface area contributed by atoms with E-state index < -0.39 is 0 Å². The molecular formula is C13H20N2O. The summed E-state index contributed by atoms with van der Waals surface area (Å²) in [5.41, 5.74) is 1.16. The maximum Gasteiger partial charge on any atom is 0.0731 e. The molecule has 0 amide bonds. The molecule has 3 nitrogen and oxygen atoms in total. The summed E-state index contributed by atoms with van der Waals surface area (Å²) in [5, 5.41) is 3.38. The molecule has 16 heavy (non-hydrogen) atoms. The molecule has 1 aromatic heterocycles. The highest BCUT2D eigenvalue weighted by Crippen LogP contribution is 2.15. The lowest BCUT2D eigenvalue weighted by Crippen LogP contribution is -2.28. The van der Waals surface area contributed by atoms with Crippen molar-refractivity contribution in [1.82, 2.24) is 10.3 Å². The molecule has 88 valence electrons. The van der Waals surface area contributed by atoms with E-state index in [1.54, 1.807) is 6.20 Å². The molecule has 2 rings (SSSR count). The van der Waals surface area contributed by atoms with Crippen molar-refractivity contribution in [2.24, 2.45) is 5.92 Å². The fourth-order valence-corrected chi connectivity index (χ4v) is 2.09. The summed E-state index contributed by atoms with van der Waals surface area (Å²) in [6.45, 7) is 3.92. The number of rotatable bonds is 5. The lowest BCUT2D eigenvalue weighted by atomic mass is 9.95. The minimum atomic E-state index is 0.693. The van der Waals surface area contributed by atoms with Crippen LogP contribution >= 0.6 is 0 Å². The summed E-state index contributed by atoms with van der Waals surface area (Å²) in [4.78, 5) is 4.06. The summed E-state index contributed by atoms with van der Waals surface area (Å²) >= 11 is 0. The van der Waals surface area contributed by atoms with Crippen LogP contribution in [0.1, 0.15) is 24.8 Å². The van der Waals surface area contributed by atoms with Crippen LogP contribution in [0.15, 0.2) is 24.5 Å². The summed E-state index contributed by atoms with van der Waals surface area (Å²) in [5.74, 6) is 0.857. The Morgan fingerprint density at radius 2 is 2.25 bits per heavy atom. The zero-order valence-corrected chi connectivity index (χ0v) is 9.69. The van der Waals surface area contributed by atoms with Crippen molar-refractivity contribution in [3.63, 3.8) is 0 Å². The summed E-state index contributed by atoms with van der Waals surface area (Å²) < 4.78 is 5.66. The molecule has 0 radical (unpaired) electrons. The third kappa shape index (κ3) is 3.91. The second kappa shape index (κ2) is 6.61. The number of aromatic nitrogens is 1. The van der Waals surface area contributed by atoms with Gasteiger partial charge in [0.1, 0.15) is 0 Å². The molecular weight excluding hydrogens is 200 g/mol. The molecule has 0 aliphatic carbocycles. The molecule has 0 aromatic carbocycles.